The van der Waals surface area contributed by atoms with Crippen LogP contribution in [0.15, 0.2) is 18.2 Å². The fraction of sp³-hybridized carbons (Fsp3) is 0.667. The maximum Gasteiger partial charge on any atom is 0.123 e. The Morgan fingerprint density at radius 2 is 2.09 bits per heavy atom. The Balaban J connectivity index is 1.74. The summed E-state index contributed by atoms with van der Waals surface area (Å²) >= 11 is 0. The van der Waals surface area contributed by atoms with Crippen molar-refractivity contribution in [2.24, 2.45) is 0 Å². The number of piperazine rings is 1. The van der Waals surface area contributed by atoms with Gasteiger partial charge in [-0.3, -0.25) is 0 Å². The molecular weight excluding hydrogens is 293 g/mol. The highest BCUT2D eigenvalue weighted by Gasteiger charge is 2.23. The van der Waals surface area contributed by atoms with E-state index in [1.165, 1.54) is 5.69 Å². The quantitative estimate of drug-likeness (QED) is 0.901. The largest absolute Gasteiger partial charge is 0.380 e. The number of ether oxygens (including phenoxy) is 1. The minimum Gasteiger partial charge on any atom is -0.380 e. The Morgan fingerprint density at radius 3 is 2.74 bits per heavy atom. The van der Waals surface area contributed by atoms with Crippen molar-refractivity contribution >= 4 is 5.69 Å². The van der Waals surface area contributed by atoms with E-state index in [2.05, 4.69) is 29.0 Å². The number of hydrogen-bond acceptors (Lipinski definition) is 4. The fourth-order valence-electron chi connectivity index (χ4n) is 3.57. The van der Waals surface area contributed by atoms with Crippen LogP contribution < -0.4 is 10.2 Å². The van der Waals surface area contributed by atoms with Crippen LogP contribution in [-0.2, 0) is 4.74 Å². The van der Waals surface area contributed by atoms with E-state index >= 15 is 0 Å². The lowest BCUT2D eigenvalue weighted by atomic mass is 10.0. The second kappa shape index (κ2) is 7.60. The first-order valence-corrected chi connectivity index (χ1v) is 8.78. The molecule has 1 aromatic rings. The Kier molecular flexibility index (Phi) is 5.51. The minimum absolute atomic E-state index is 0.122. The van der Waals surface area contributed by atoms with Gasteiger partial charge in [0.05, 0.1) is 6.61 Å². The van der Waals surface area contributed by atoms with Crippen molar-refractivity contribution in [2.75, 3.05) is 50.8 Å². The Hall–Kier alpha value is -1.17. The lowest BCUT2D eigenvalue weighted by molar-refractivity contribution is 0.188. The standard InChI is InChI=1S/C18H28FN3O/c1-3-21-7-9-22(10-8-21)18-5-4-15(19)12-17(18)14(2)20-16-6-11-23-13-16/h4-5,12,14,16,20H,3,6-11,13H2,1-2H3/t14-,16-/m1/s1. The van der Waals surface area contributed by atoms with Gasteiger partial charge in [0.25, 0.3) is 0 Å². The summed E-state index contributed by atoms with van der Waals surface area (Å²) in [6.45, 7) is 11.2. The number of nitrogens with one attached hydrogen (secondary N) is 1. The lowest BCUT2D eigenvalue weighted by Crippen LogP contribution is -2.46. The predicted octanol–water partition coefficient (Wildman–Crippen LogP) is 2.41. The summed E-state index contributed by atoms with van der Waals surface area (Å²) in [6.07, 6.45) is 1.03. The van der Waals surface area contributed by atoms with Crippen molar-refractivity contribution in [2.45, 2.75) is 32.4 Å². The molecule has 128 valence electrons. The Morgan fingerprint density at radius 1 is 1.30 bits per heavy atom. The van der Waals surface area contributed by atoms with Crippen molar-refractivity contribution in [3.05, 3.63) is 29.6 Å². The smallest absolute Gasteiger partial charge is 0.123 e. The molecule has 0 spiro atoms. The number of hydrogen-bond donors (Lipinski definition) is 1. The first-order valence-electron chi connectivity index (χ1n) is 8.78. The number of likely N-dealkylation sites (N-methyl/N-ethyl adjacent to an activating group) is 1. The van der Waals surface area contributed by atoms with Crippen LogP contribution >= 0.6 is 0 Å². The van der Waals surface area contributed by atoms with Gasteiger partial charge in [0.2, 0.25) is 0 Å². The van der Waals surface area contributed by atoms with Crippen molar-refractivity contribution in [3.63, 3.8) is 0 Å². The summed E-state index contributed by atoms with van der Waals surface area (Å²) in [5, 5.41) is 3.59. The van der Waals surface area contributed by atoms with E-state index in [-0.39, 0.29) is 11.9 Å². The summed E-state index contributed by atoms with van der Waals surface area (Å²) in [6, 6.07) is 5.70. The first kappa shape index (κ1) is 16.7. The number of halogens is 1. The van der Waals surface area contributed by atoms with E-state index in [0.717, 1.165) is 57.9 Å². The third-order valence-corrected chi connectivity index (χ3v) is 5.03. The van der Waals surface area contributed by atoms with Crippen LogP contribution in [0.3, 0.4) is 0 Å². The maximum absolute atomic E-state index is 13.8. The van der Waals surface area contributed by atoms with E-state index in [1.807, 2.05) is 6.07 Å². The molecule has 23 heavy (non-hydrogen) atoms. The SMILES string of the molecule is CCN1CCN(c2ccc(F)cc2[C@@H](C)N[C@@H]2CCOC2)CC1. The number of benzene rings is 1. The minimum atomic E-state index is -0.160. The fourth-order valence-corrected chi connectivity index (χ4v) is 3.57. The van der Waals surface area contributed by atoms with Crippen LogP contribution in [0.2, 0.25) is 0 Å². The molecular formula is C18H28FN3O. The summed E-state index contributed by atoms with van der Waals surface area (Å²) in [7, 11) is 0. The van der Waals surface area contributed by atoms with Crippen LogP contribution in [0.1, 0.15) is 31.9 Å². The Bertz CT molecular complexity index is 511. The molecule has 2 heterocycles. The van der Waals surface area contributed by atoms with Crippen LogP contribution in [0.5, 0.6) is 0 Å². The molecule has 0 unspecified atom stereocenters. The Labute approximate surface area is 138 Å². The van der Waals surface area contributed by atoms with Crippen LogP contribution in [-0.4, -0.2) is 56.9 Å². The molecule has 1 aromatic carbocycles. The van der Waals surface area contributed by atoms with Gasteiger partial charge in [-0.25, -0.2) is 4.39 Å². The topological polar surface area (TPSA) is 27.7 Å². The molecule has 0 amide bonds. The maximum atomic E-state index is 13.8. The number of anilines is 1. The van der Waals surface area contributed by atoms with Crippen molar-refractivity contribution < 1.29 is 9.13 Å². The lowest BCUT2D eigenvalue weighted by Gasteiger charge is -2.37. The molecule has 0 saturated carbocycles. The summed E-state index contributed by atoms with van der Waals surface area (Å²) < 4.78 is 19.3. The summed E-state index contributed by atoms with van der Waals surface area (Å²) in [5.41, 5.74) is 2.22. The number of nitrogens with zero attached hydrogens (tertiary/aromatic N) is 2. The zero-order chi connectivity index (χ0) is 16.2. The molecule has 2 atom stereocenters. The van der Waals surface area contributed by atoms with E-state index < -0.39 is 0 Å². The van der Waals surface area contributed by atoms with Gasteiger partial charge in [-0.05, 0) is 43.7 Å². The van der Waals surface area contributed by atoms with Gasteiger partial charge in [0.15, 0.2) is 0 Å². The average molecular weight is 321 g/mol. The molecule has 0 aromatic heterocycles. The first-order chi connectivity index (χ1) is 11.2. The summed E-state index contributed by atoms with van der Waals surface area (Å²) in [5.74, 6) is -0.160. The van der Waals surface area contributed by atoms with Gasteiger partial charge in [-0.2, -0.15) is 0 Å². The van der Waals surface area contributed by atoms with E-state index in [0.29, 0.717) is 6.04 Å². The highest BCUT2D eigenvalue weighted by molar-refractivity contribution is 5.55. The highest BCUT2D eigenvalue weighted by atomic mass is 19.1. The molecule has 2 aliphatic rings. The molecule has 0 bridgehead atoms. The van der Waals surface area contributed by atoms with Gasteiger partial charge in [-0.1, -0.05) is 6.92 Å². The second-order valence-electron chi connectivity index (χ2n) is 6.57. The van der Waals surface area contributed by atoms with Gasteiger partial charge >= 0.3 is 0 Å². The molecule has 2 aliphatic heterocycles. The van der Waals surface area contributed by atoms with Gasteiger partial charge in [0, 0.05) is 50.6 Å². The van der Waals surface area contributed by atoms with E-state index in [4.69, 9.17) is 4.74 Å². The van der Waals surface area contributed by atoms with Crippen molar-refractivity contribution in [3.8, 4) is 0 Å². The average Bonchev–Trinajstić information content (AvgIpc) is 3.08. The summed E-state index contributed by atoms with van der Waals surface area (Å²) in [4.78, 5) is 4.85. The molecule has 0 aliphatic carbocycles. The van der Waals surface area contributed by atoms with E-state index in [1.54, 1.807) is 12.1 Å². The van der Waals surface area contributed by atoms with Gasteiger partial charge in [0.1, 0.15) is 5.82 Å². The van der Waals surface area contributed by atoms with Crippen LogP contribution in [0, 0.1) is 5.82 Å². The molecule has 5 heteroatoms. The van der Waals surface area contributed by atoms with Gasteiger partial charge in [-0.15, -0.1) is 0 Å². The van der Waals surface area contributed by atoms with E-state index in [9.17, 15) is 4.39 Å². The van der Waals surface area contributed by atoms with Crippen molar-refractivity contribution in [1.82, 2.24) is 10.2 Å². The van der Waals surface area contributed by atoms with Crippen LogP contribution in [0.25, 0.3) is 0 Å². The zero-order valence-electron chi connectivity index (χ0n) is 14.2. The van der Waals surface area contributed by atoms with Crippen LogP contribution in [0.4, 0.5) is 10.1 Å². The zero-order valence-corrected chi connectivity index (χ0v) is 14.2. The molecule has 4 nitrogen and oxygen atoms in total. The molecule has 2 saturated heterocycles. The highest BCUT2D eigenvalue weighted by Crippen LogP contribution is 2.29. The third-order valence-electron chi connectivity index (χ3n) is 5.03. The molecule has 3 rings (SSSR count). The third kappa shape index (κ3) is 4.03. The normalized spacial score (nSPS) is 24.1. The second-order valence-corrected chi connectivity index (χ2v) is 6.57. The van der Waals surface area contributed by atoms with Gasteiger partial charge < -0.3 is 19.9 Å². The monoisotopic (exact) mass is 321 g/mol. The molecule has 2 fully saturated rings. The molecule has 0 radical (unpaired) electrons. The number of rotatable bonds is 5. The van der Waals surface area contributed by atoms with Crippen molar-refractivity contribution in [1.29, 1.82) is 0 Å². The molecule has 1 N–H and O–H groups in total. The predicted molar refractivity (Wildman–Crippen MR) is 91.5 cm³/mol.